The molecule has 3 aromatic rings. The van der Waals surface area contributed by atoms with Crippen molar-refractivity contribution >= 4 is 40.1 Å². The average Bonchev–Trinajstić information content (AvgIpc) is 3.53. The molecule has 0 bridgehead atoms. The van der Waals surface area contributed by atoms with Crippen LogP contribution in [0.2, 0.25) is 0 Å². The normalized spacial score (nSPS) is 18.7. The quantitative estimate of drug-likeness (QED) is 0.454. The Bertz CT molecular complexity index is 1390. The van der Waals surface area contributed by atoms with Crippen molar-refractivity contribution in [3.8, 4) is 11.5 Å². The molecule has 0 spiro atoms. The van der Waals surface area contributed by atoms with E-state index in [0.717, 1.165) is 22.6 Å². The average molecular weight is 529 g/mol. The van der Waals surface area contributed by atoms with Gasteiger partial charge in [0.15, 0.2) is 5.17 Å². The van der Waals surface area contributed by atoms with Crippen molar-refractivity contribution in [2.75, 3.05) is 19.5 Å². The fraction of sp³-hybridized carbons (Fsp3) is 0.241. The number of nitrogens with one attached hydrogen (secondary N) is 1. The molecule has 194 valence electrons. The molecule has 3 aromatic carbocycles. The number of aryl methyl sites for hydroxylation is 1. The minimum Gasteiger partial charge on any atom is -0.497 e. The number of methoxy groups -OCH3 is 2. The third-order valence-electron chi connectivity index (χ3n) is 6.47. The van der Waals surface area contributed by atoms with Crippen LogP contribution in [0.3, 0.4) is 0 Å². The maximum absolute atomic E-state index is 12.8. The first-order chi connectivity index (χ1) is 18.4. The maximum atomic E-state index is 12.8. The number of carbonyl (C=O) groups is 2. The van der Waals surface area contributed by atoms with Gasteiger partial charge in [-0.2, -0.15) is 10.1 Å². The molecule has 2 amide bonds. The van der Waals surface area contributed by atoms with E-state index in [2.05, 4.69) is 34.6 Å². The van der Waals surface area contributed by atoms with Gasteiger partial charge in [-0.1, -0.05) is 41.6 Å². The summed E-state index contributed by atoms with van der Waals surface area (Å²) in [5.74, 6) is 0.893. The molecular weight excluding hydrogens is 500 g/mol. The Morgan fingerprint density at radius 3 is 2.24 bits per heavy atom. The van der Waals surface area contributed by atoms with Gasteiger partial charge in [-0.3, -0.25) is 9.59 Å². The van der Waals surface area contributed by atoms with Gasteiger partial charge in [0.05, 0.1) is 26.0 Å². The molecule has 9 heteroatoms. The molecule has 2 heterocycles. The van der Waals surface area contributed by atoms with Crippen molar-refractivity contribution in [1.82, 2.24) is 5.01 Å². The third kappa shape index (κ3) is 5.57. The molecule has 0 aromatic heterocycles. The zero-order valence-electron chi connectivity index (χ0n) is 21.4. The Kier molecular flexibility index (Phi) is 7.46. The van der Waals surface area contributed by atoms with Crippen molar-refractivity contribution in [3.63, 3.8) is 0 Å². The number of benzene rings is 3. The number of nitrogens with zero attached hydrogens (tertiary/aromatic N) is 3. The Labute approximate surface area is 225 Å². The third-order valence-corrected chi connectivity index (χ3v) is 7.61. The number of aliphatic imine (C=N–C) groups is 1. The van der Waals surface area contributed by atoms with Crippen molar-refractivity contribution < 1.29 is 19.1 Å². The summed E-state index contributed by atoms with van der Waals surface area (Å²) >= 11 is 1.28. The minimum atomic E-state index is -0.609. The van der Waals surface area contributed by atoms with Crippen molar-refractivity contribution in [1.29, 1.82) is 0 Å². The lowest BCUT2D eigenvalue weighted by atomic mass is 9.98. The predicted octanol–water partition coefficient (Wildman–Crippen LogP) is 5.19. The van der Waals surface area contributed by atoms with Gasteiger partial charge in [0.1, 0.15) is 16.7 Å². The van der Waals surface area contributed by atoms with Gasteiger partial charge < -0.3 is 14.8 Å². The number of ether oxygens (including phenoxy) is 2. The molecule has 2 atom stereocenters. The molecule has 0 radical (unpaired) electrons. The second-order valence-corrected chi connectivity index (χ2v) is 10.2. The zero-order chi connectivity index (χ0) is 26.6. The van der Waals surface area contributed by atoms with Crippen LogP contribution in [0, 0.1) is 6.92 Å². The zero-order valence-corrected chi connectivity index (χ0v) is 22.2. The highest BCUT2D eigenvalue weighted by Gasteiger charge is 2.39. The predicted molar refractivity (Wildman–Crippen MR) is 150 cm³/mol. The van der Waals surface area contributed by atoms with Gasteiger partial charge in [-0.25, -0.2) is 5.01 Å². The fourth-order valence-corrected chi connectivity index (χ4v) is 5.41. The number of amidine groups is 1. The maximum Gasteiger partial charge on any atom is 0.262 e. The van der Waals surface area contributed by atoms with E-state index in [4.69, 9.17) is 14.6 Å². The lowest BCUT2D eigenvalue weighted by molar-refractivity contribution is -0.121. The van der Waals surface area contributed by atoms with Crippen LogP contribution >= 0.6 is 11.8 Å². The smallest absolute Gasteiger partial charge is 0.262 e. The highest BCUT2D eigenvalue weighted by Crippen LogP contribution is 2.39. The number of hydrogen-bond donors (Lipinski definition) is 1. The molecule has 0 fully saturated rings. The number of hydrogen-bond acceptors (Lipinski definition) is 7. The molecule has 0 saturated heterocycles. The summed E-state index contributed by atoms with van der Waals surface area (Å²) in [6.07, 6.45) is 0.673. The van der Waals surface area contributed by atoms with Crippen LogP contribution in [0.25, 0.3) is 0 Å². The monoisotopic (exact) mass is 528 g/mol. The van der Waals surface area contributed by atoms with Crippen LogP contribution in [0.4, 0.5) is 5.69 Å². The number of anilines is 1. The molecule has 38 heavy (non-hydrogen) atoms. The van der Waals surface area contributed by atoms with E-state index in [1.807, 2.05) is 36.2 Å². The van der Waals surface area contributed by atoms with Crippen molar-refractivity contribution in [2.24, 2.45) is 10.1 Å². The van der Waals surface area contributed by atoms with Crippen molar-refractivity contribution in [3.05, 3.63) is 89.5 Å². The second kappa shape index (κ2) is 11.1. The van der Waals surface area contributed by atoms with Crippen molar-refractivity contribution in [2.45, 2.75) is 31.1 Å². The summed E-state index contributed by atoms with van der Waals surface area (Å²) < 4.78 is 10.4. The summed E-state index contributed by atoms with van der Waals surface area (Å²) in [5.41, 5.74) is 4.77. The highest BCUT2D eigenvalue weighted by atomic mass is 32.2. The SMILES string of the molecule is COc1ccc(NC(=O)C[C@H]2SC(N3N=C(c4ccc(OC)cc4)C[C@H]3c3ccc(C)cc3)=NC2=O)cc1. The van der Waals surface area contributed by atoms with Gasteiger partial charge >= 0.3 is 0 Å². The van der Waals surface area contributed by atoms with E-state index >= 15 is 0 Å². The molecular formula is C29H28N4O4S. The number of hydrazone groups is 1. The Morgan fingerprint density at radius 2 is 1.61 bits per heavy atom. The number of carbonyl (C=O) groups excluding carboxylic acids is 2. The van der Waals surface area contributed by atoms with E-state index in [9.17, 15) is 9.59 Å². The number of amides is 2. The van der Waals surface area contributed by atoms with Crippen LogP contribution < -0.4 is 14.8 Å². The summed E-state index contributed by atoms with van der Waals surface area (Å²) in [6.45, 7) is 2.05. The summed E-state index contributed by atoms with van der Waals surface area (Å²) in [7, 11) is 3.22. The Hall–Kier alpha value is -4.11. The highest BCUT2D eigenvalue weighted by molar-refractivity contribution is 8.15. The molecule has 5 rings (SSSR count). The largest absolute Gasteiger partial charge is 0.497 e. The Balaban J connectivity index is 1.33. The first-order valence-corrected chi connectivity index (χ1v) is 13.1. The summed E-state index contributed by atoms with van der Waals surface area (Å²) in [6, 6.07) is 23.0. The second-order valence-electron chi connectivity index (χ2n) is 9.07. The van der Waals surface area contributed by atoms with Gasteiger partial charge in [-0.05, 0) is 66.6 Å². The van der Waals surface area contributed by atoms with Gasteiger partial charge in [-0.15, -0.1) is 0 Å². The fourth-order valence-electron chi connectivity index (χ4n) is 4.35. The first kappa shape index (κ1) is 25.5. The standard InChI is InChI=1S/C29H28N4O4S/c1-18-4-6-20(7-5-18)25-16-24(19-8-12-22(36-2)13-9-19)32-33(25)29-31-28(35)26(38-29)17-27(34)30-21-10-14-23(37-3)15-11-21/h4-15,25-26H,16-17H2,1-3H3,(H,30,34)/t25-,26+/m0/s1. The summed E-state index contributed by atoms with van der Waals surface area (Å²) in [5, 5.41) is 9.47. The molecule has 0 unspecified atom stereocenters. The van der Waals surface area contributed by atoms with E-state index in [1.54, 1.807) is 38.5 Å². The van der Waals surface area contributed by atoms with Gasteiger partial charge in [0, 0.05) is 18.5 Å². The van der Waals surface area contributed by atoms with Crippen LogP contribution in [0.15, 0.2) is 82.9 Å². The molecule has 2 aliphatic rings. The molecule has 0 saturated carbocycles. The molecule has 0 aliphatic carbocycles. The first-order valence-electron chi connectivity index (χ1n) is 12.2. The van der Waals surface area contributed by atoms with Crippen LogP contribution in [0.1, 0.15) is 35.6 Å². The summed E-state index contributed by atoms with van der Waals surface area (Å²) in [4.78, 5) is 29.8. The van der Waals surface area contributed by atoms with Gasteiger partial charge in [0.2, 0.25) is 5.91 Å². The number of rotatable bonds is 7. The lowest BCUT2D eigenvalue weighted by Crippen LogP contribution is -2.25. The molecule has 8 nitrogen and oxygen atoms in total. The van der Waals surface area contributed by atoms with E-state index in [-0.39, 0.29) is 24.3 Å². The minimum absolute atomic E-state index is 0.0145. The Morgan fingerprint density at radius 1 is 0.974 bits per heavy atom. The van der Waals surface area contributed by atoms with E-state index in [1.165, 1.54) is 17.3 Å². The van der Waals surface area contributed by atoms with E-state index < -0.39 is 5.25 Å². The van der Waals surface area contributed by atoms with Crippen LogP contribution in [-0.4, -0.2) is 47.2 Å². The van der Waals surface area contributed by atoms with Crippen LogP contribution in [0.5, 0.6) is 11.5 Å². The van der Waals surface area contributed by atoms with Crippen LogP contribution in [-0.2, 0) is 9.59 Å². The topological polar surface area (TPSA) is 92.6 Å². The van der Waals surface area contributed by atoms with E-state index in [0.29, 0.717) is 23.0 Å². The lowest BCUT2D eigenvalue weighted by Gasteiger charge is -2.23. The number of thioether (sulfide) groups is 1. The van der Waals surface area contributed by atoms with Gasteiger partial charge in [0.25, 0.3) is 5.91 Å². The molecule has 2 aliphatic heterocycles. The molecule has 1 N–H and O–H groups in total.